The number of furan rings is 1. The smallest absolute Gasteiger partial charge is 0.191 e. The predicted octanol–water partition coefficient (Wildman–Crippen LogP) is 1.96. The van der Waals surface area contributed by atoms with Gasteiger partial charge in [-0.25, -0.2) is 9.98 Å². The summed E-state index contributed by atoms with van der Waals surface area (Å²) in [4.78, 5) is 8.63. The summed E-state index contributed by atoms with van der Waals surface area (Å²) in [6.07, 6.45) is 3.28. The molecule has 2 heterocycles. The molecule has 0 spiro atoms. The Morgan fingerprint density at radius 1 is 1.27 bits per heavy atom. The lowest BCUT2D eigenvalue weighted by Crippen LogP contribution is -2.41. The lowest BCUT2D eigenvalue weighted by atomic mass is 10.3. The lowest BCUT2D eigenvalue weighted by Gasteiger charge is -2.13. The number of aliphatic imine (C=N–C) groups is 1. The summed E-state index contributed by atoms with van der Waals surface area (Å²) in [6.45, 7) is 2.88. The largest absolute Gasteiger partial charge is 0.467 e. The van der Waals surface area contributed by atoms with Crippen molar-refractivity contribution in [3.63, 3.8) is 0 Å². The van der Waals surface area contributed by atoms with Crippen LogP contribution in [0.4, 0.5) is 5.82 Å². The molecule has 0 aliphatic rings. The van der Waals surface area contributed by atoms with E-state index in [1.165, 1.54) is 0 Å². The van der Waals surface area contributed by atoms with E-state index >= 15 is 0 Å². The van der Waals surface area contributed by atoms with Gasteiger partial charge in [-0.1, -0.05) is 0 Å². The third kappa shape index (κ3) is 7.71. The maximum Gasteiger partial charge on any atom is 0.191 e. The molecule has 9 heteroatoms. The molecule has 0 bridgehead atoms. The highest BCUT2D eigenvalue weighted by molar-refractivity contribution is 14.0. The van der Waals surface area contributed by atoms with Crippen molar-refractivity contribution in [2.75, 3.05) is 38.7 Å². The number of aromatic nitrogens is 1. The maximum atomic E-state index is 9.05. The number of nitriles is 1. The Kier molecular flexibility index (Phi) is 10.8. The quantitative estimate of drug-likeness (QED) is 0.223. The SMILES string of the molecule is COCCNC(=NCc1ccco1)NCCNc1ncccc1C#N.I. The van der Waals surface area contributed by atoms with Gasteiger partial charge in [0, 0.05) is 32.9 Å². The zero-order valence-corrected chi connectivity index (χ0v) is 16.9. The van der Waals surface area contributed by atoms with Crippen LogP contribution in [0.3, 0.4) is 0 Å². The Bertz CT molecular complexity index is 700. The van der Waals surface area contributed by atoms with Crippen LogP contribution in [0.2, 0.25) is 0 Å². The molecule has 0 atom stereocenters. The molecule has 0 saturated carbocycles. The van der Waals surface area contributed by atoms with E-state index in [2.05, 4.69) is 32.0 Å². The second-order valence-electron chi connectivity index (χ2n) is 5.03. The molecule has 0 aromatic carbocycles. The van der Waals surface area contributed by atoms with E-state index in [1.54, 1.807) is 31.7 Å². The molecule has 3 N–H and O–H groups in total. The van der Waals surface area contributed by atoms with Crippen molar-refractivity contribution in [3.8, 4) is 6.07 Å². The molecule has 0 aliphatic carbocycles. The van der Waals surface area contributed by atoms with Crippen LogP contribution in [0.25, 0.3) is 0 Å². The Morgan fingerprint density at radius 2 is 2.12 bits per heavy atom. The van der Waals surface area contributed by atoms with Crippen LogP contribution in [-0.4, -0.2) is 44.3 Å². The summed E-state index contributed by atoms with van der Waals surface area (Å²) in [6, 6.07) is 9.28. The van der Waals surface area contributed by atoms with Crippen molar-refractivity contribution in [2.24, 2.45) is 4.99 Å². The van der Waals surface area contributed by atoms with E-state index < -0.39 is 0 Å². The highest BCUT2D eigenvalue weighted by atomic mass is 127. The van der Waals surface area contributed by atoms with E-state index in [0.29, 0.717) is 50.1 Å². The molecule has 2 rings (SSSR count). The van der Waals surface area contributed by atoms with Gasteiger partial charge in [0.05, 0.1) is 18.4 Å². The van der Waals surface area contributed by atoms with Crippen LogP contribution in [-0.2, 0) is 11.3 Å². The second kappa shape index (κ2) is 13.0. The van der Waals surface area contributed by atoms with Gasteiger partial charge in [-0.15, -0.1) is 24.0 Å². The Labute approximate surface area is 170 Å². The van der Waals surface area contributed by atoms with Crippen molar-refractivity contribution < 1.29 is 9.15 Å². The van der Waals surface area contributed by atoms with Gasteiger partial charge in [-0.2, -0.15) is 5.26 Å². The number of hydrogen-bond acceptors (Lipinski definition) is 6. The fraction of sp³-hybridized carbons (Fsp3) is 0.353. The summed E-state index contributed by atoms with van der Waals surface area (Å²) in [5.41, 5.74) is 0.521. The monoisotopic (exact) mass is 470 g/mol. The van der Waals surface area contributed by atoms with Gasteiger partial charge in [0.15, 0.2) is 5.96 Å². The second-order valence-corrected chi connectivity index (χ2v) is 5.03. The minimum atomic E-state index is 0. The minimum Gasteiger partial charge on any atom is -0.467 e. The summed E-state index contributed by atoms with van der Waals surface area (Å²) >= 11 is 0. The van der Waals surface area contributed by atoms with E-state index in [-0.39, 0.29) is 24.0 Å². The molecule has 0 radical (unpaired) electrons. The summed E-state index contributed by atoms with van der Waals surface area (Å²) < 4.78 is 10.3. The van der Waals surface area contributed by atoms with Gasteiger partial charge in [0.1, 0.15) is 24.2 Å². The number of rotatable bonds is 9. The van der Waals surface area contributed by atoms with Crippen LogP contribution in [0.1, 0.15) is 11.3 Å². The summed E-state index contributed by atoms with van der Waals surface area (Å²) in [7, 11) is 1.65. The average Bonchev–Trinajstić information content (AvgIpc) is 3.16. The molecule has 8 nitrogen and oxygen atoms in total. The first kappa shape index (κ1) is 21.7. The molecule has 2 aromatic heterocycles. The molecule has 26 heavy (non-hydrogen) atoms. The predicted molar refractivity (Wildman–Crippen MR) is 111 cm³/mol. The highest BCUT2D eigenvalue weighted by Crippen LogP contribution is 2.08. The highest BCUT2D eigenvalue weighted by Gasteiger charge is 2.02. The molecule has 140 valence electrons. The molecule has 0 unspecified atom stereocenters. The van der Waals surface area contributed by atoms with Gasteiger partial charge in [-0.3, -0.25) is 0 Å². The number of nitrogens with one attached hydrogen (secondary N) is 3. The average molecular weight is 470 g/mol. The van der Waals surface area contributed by atoms with Gasteiger partial charge in [-0.05, 0) is 24.3 Å². The van der Waals surface area contributed by atoms with E-state index in [4.69, 9.17) is 14.4 Å². The number of hydrogen-bond donors (Lipinski definition) is 3. The normalized spacial score (nSPS) is 10.5. The summed E-state index contributed by atoms with van der Waals surface area (Å²) in [5, 5.41) is 18.6. The standard InChI is InChI=1S/C17H22N6O2.HI/c1-24-11-9-22-17(23-13-15-5-3-10-25-15)21-8-7-20-16-14(12-18)4-2-6-19-16;/h2-6,10H,7-9,11,13H2,1H3,(H,19,20)(H2,21,22,23);1H. The number of methoxy groups -OCH3 is 1. The van der Waals surface area contributed by atoms with Gasteiger partial charge >= 0.3 is 0 Å². The van der Waals surface area contributed by atoms with Crippen molar-refractivity contribution in [3.05, 3.63) is 48.0 Å². The van der Waals surface area contributed by atoms with Crippen LogP contribution < -0.4 is 16.0 Å². The zero-order chi connectivity index (χ0) is 17.7. The molecular formula is C17H23IN6O2. The van der Waals surface area contributed by atoms with Crippen molar-refractivity contribution in [1.29, 1.82) is 5.26 Å². The first-order valence-corrected chi connectivity index (χ1v) is 7.96. The first-order chi connectivity index (χ1) is 12.3. The topological polar surface area (TPSA) is 108 Å². The third-order valence-electron chi connectivity index (χ3n) is 3.21. The van der Waals surface area contributed by atoms with Crippen LogP contribution in [0.5, 0.6) is 0 Å². The fourth-order valence-electron chi connectivity index (χ4n) is 2.00. The van der Waals surface area contributed by atoms with Crippen LogP contribution in [0.15, 0.2) is 46.1 Å². The van der Waals surface area contributed by atoms with Gasteiger partial charge in [0.25, 0.3) is 0 Å². The minimum absolute atomic E-state index is 0. The Hall–Kier alpha value is -2.32. The Balaban J connectivity index is 0.00000338. The molecule has 0 amide bonds. The molecule has 0 fully saturated rings. The number of guanidine groups is 1. The molecular weight excluding hydrogens is 447 g/mol. The van der Waals surface area contributed by atoms with Crippen LogP contribution >= 0.6 is 24.0 Å². The summed E-state index contributed by atoms with van der Waals surface area (Å²) in [5.74, 6) is 2.03. The van der Waals surface area contributed by atoms with E-state index in [0.717, 1.165) is 5.76 Å². The Morgan fingerprint density at radius 3 is 2.85 bits per heavy atom. The molecule has 2 aromatic rings. The van der Waals surface area contributed by atoms with E-state index in [1.807, 2.05) is 12.1 Å². The van der Waals surface area contributed by atoms with Gasteiger partial charge in [0.2, 0.25) is 0 Å². The number of anilines is 1. The molecule has 0 saturated heterocycles. The maximum absolute atomic E-state index is 9.05. The first-order valence-electron chi connectivity index (χ1n) is 7.96. The fourth-order valence-corrected chi connectivity index (χ4v) is 2.00. The van der Waals surface area contributed by atoms with Crippen molar-refractivity contribution in [2.45, 2.75) is 6.54 Å². The van der Waals surface area contributed by atoms with E-state index in [9.17, 15) is 0 Å². The number of pyridine rings is 1. The molecule has 0 aliphatic heterocycles. The van der Waals surface area contributed by atoms with Gasteiger partial charge < -0.3 is 25.1 Å². The van der Waals surface area contributed by atoms with Crippen molar-refractivity contribution in [1.82, 2.24) is 15.6 Å². The van der Waals surface area contributed by atoms with Crippen LogP contribution in [0, 0.1) is 11.3 Å². The lowest BCUT2D eigenvalue weighted by molar-refractivity contribution is 0.203. The van der Waals surface area contributed by atoms with Crippen molar-refractivity contribution >= 4 is 35.8 Å². The number of halogens is 1. The zero-order valence-electron chi connectivity index (χ0n) is 14.6. The number of nitrogens with zero attached hydrogens (tertiary/aromatic N) is 3. The third-order valence-corrected chi connectivity index (χ3v) is 3.21. The number of ether oxygens (including phenoxy) is 1.